The average Bonchev–Trinajstić information content (AvgIpc) is 3.04. The molecule has 1 heteroatoms. The summed E-state index contributed by atoms with van der Waals surface area (Å²) in [5.41, 5.74) is 1.20. The van der Waals surface area contributed by atoms with E-state index in [1.54, 1.807) is 0 Å². The molecule has 0 amide bonds. The van der Waals surface area contributed by atoms with Crippen LogP contribution in [0.1, 0.15) is 106 Å². The van der Waals surface area contributed by atoms with E-state index < -0.39 is 0 Å². The van der Waals surface area contributed by atoms with Crippen LogP contribution in [-0.2, 0) is 4.74 Å². The van der Waals surface area contributed by atoms with Gasteiger partial charge in [-0.2, -0.15) is 0 Å². The molecule has 4 aliphatic carbocycles. The van der Waals surface area contributed by atoms with Crippen molar-refractivity contribution >= 4 is 0 Å². The Hall–Kier alpha value is -0.0400. The van der Waals surface area contributed by atoms with Crippen LogP contribution in [0.3, 0.4) is 0 Å². The highest BCUT2D eigenvalue weighted by atomic mass is 16.5. The standard InChI is InChI=1S/C24H42O.C2H6/c1-5-18-8-10-21-20-9-7-19-15-17(3)11-14-24(19,16-25-6-2)22(20)12-13-23(18,21)4;1-2/h17-22H,5-16H2,1-4H3;1-2H3/t17?,18?,19?,20?,21?,22?,23?,24-;/m1./s1. The van der Waals surface area contributed by atoms with Crippen molar-refractivity contribution in [2.24, 2.45) is 46.3 Å². The maximum Gasteiger partial charge on any atom is 0.0527 e. The first-order valence-electron chi connectivity index (χ1n) is 12.6. The lowest BCUT2D eigenvalue weighted by atomic mass is 9.44. The first-order valence-corrected chi connectivity index (χ1v) is 12.6. The van der Waals surface area contributed by atoms with Crippen LogP contribution in [0.5, 0.6) is 0 Å². The molecule has 1 nitrogen and oxygen atoms in total. The molecular formula is C26H48O. The summed E-state index contributed by atoms with van der Waals surface area (Å²) < 4.78 is 6.20. The molecule has 0 bridgehead atoms. The van der Waals surface area contributed by atoms with Gasteiger partial charge in [0.1, 0.15) is 0 Å². The lowest BCUT2D eigenvalue weighted by Gasteiger charge is -2.62. The first-order chi connectivity index (χ1) is 13.0. The topological polar surface area (TPSA) is 9.23 Å². The van der Waals surface area contributed by atoms with Gasteiger partial charge in [0.2, 0.25) is 0 Å². The maximum atomic E-state index is 6.20. The van der Waals surface area contributed by atoms with Gasteiger partial charge in [-0.15, -0.1) is 0 Å². The summed E-state index contributed by atoms with van der Waals surface area (Å²) in [4.78, 5) is 0. The van der Waals surface area contributed by atoms with Gasteiger partial charge in [-0.3, -0.25) is 0 Å². The maximum absolute atomic E-state index is 6.20. The van der Waals surface area contributed by atoms with Gasteiger partial charge in [0.25, 0.3) is 0 Å². The lowest BCUT2D eigenvalue weighted by molar-refractivity contribution is -0.154. The van der Waals surface area contributed by atoms with E-state index in [0.717, 1.165) is 48.7 Å². The molecule has 4 rings (SSSR count). The van der Waals surface area contributed by atoms with Gasteiger partial charge in [0.15, 0.2) is 0 Å². The van der Waals surface area contributed by atoms with Crippen molar-refractivity contribution in [2.45, 2.75) is 106 Å². The van der Waals surface area contributed by atoms with Crippen molar-refractivity contribution in [1.82, 2.24) is 0 Å². The zero-order valence-electron chi connectivity index (χ0n) is 19.4. The molecule has 0 saturated heterocycles. The van der Waals surface area contributed by atoms with Crippen LogP contribution in [0.4, 0.5) is 0 Å². The van der Waals surface area contributed by atoms with E-state index in [4.69, 9.17) is 4.74 Å². The number of ether oxygens (including phenoxy) is 1. The molecular weight excluding hydrogens is 328 g/mol. The number of hydrogen-bond donors (Lipinski definition) is 0. The molecule has 0 spiro atoms. The predicted octanol–water partition coefficient (Wildman–Crippen LogP) is 7.73. The van der Waals surface area contributed by atoms with Crippen LogP contribution >= 0.6 is 0 Å². The zero-order valence-corrected chi connectivity index (χ0v) is 19.4. The van der Waals surface area contributed by atoms with E-state index in [2.05, 4.69) is 27.7 Å². The second kappa shape index (κ2) is 8.76. The van der Waals surface area contributed by atoms with E-state index in [1.807, 2.05) is 13.8 Å². The van der Waals surface area contributed by atoms with Crippen LogP contribution in [0.25, 0.3) is 0 Å². The summed E-state index contributed by atoms with van der Waals surface area (Å²) in [6.07, 6.45) is 14.9. The monoisotopic (exact) mass is 376 g/mol. The number of fused-ring (bicyclic) bond motifs is 5. The van der Waals surface area contributed by atoms with Gasteiger partial charge in [-0.1, -0.05) is 47.5 Å². The van der Waals surface area contributed by atoms with Gasteiger partial charge < -0.3 is 4.74 Å². The highest BCUT2D eigenvalue weighted by Gasteiger charge is 2.61. The zero-order chi connectivity index (χ0) is 19.7. The van der Waals surface area contributed by atoms with Crippen molar-refractivity contribution < 1.29 is 4.74 Å². The highest BCUT2D eigenvalue weighted by Crippen LogP contribution is 2.68. The first kappa shape index (κ1) is 21.7. The highest BCUT2D eigenvalue weighted by molar-refractivity contribution is 5.10. The van der Waals surface area contributed by atoms with Crippen molar-refractivity contribution in [3.05, 3.63) is 0 Å². The molecule has 0 aliphatic heterocycles. The van der Waals surface area contributed by atoms with Crippen LogP contribution < -0.4 is 0 Å². The summed E-state index contributed by atoms with van der Waals surface area (Å²) in [5, 5.41) is 0. The van der Waals surface area contributed by atoms with Gasteiger partial charge in [0, 0.05) is 6.61 Å². The molecule has 0 heterocycles. The van der Waals surface area contributed by atoms with Gasteiger partial charge >= 0.3 is 0 Å². The normalized spacial score (nSPS) is 48.7. The Morgan fingerprint density at radius 1 is 0.889 bits per heavy atom. The van der Waals surface area contributed by atoms with E-state index >= 15 is 0 Å². The molecule has 8 atom stereocenters. The molecule has 4 fully saturated rings. The molecule has 0 aromatic heterocycles. The van der Waals surface area contributed by atoms with Crippen molar-refractivity contribution in [2.75, 3.05) is 13.2 Å². The Labute approximate surface area is 170 Å². The Morgan fingerprint density at radius 2 is 1.67 bits per heavy atom. The van der Waals surface area contributed by atoms with E-state index in [0.29, 0.717) is 10.8 Å². The quantitative estimate of drug-likeness (QED) is 0.487. The van der Waals surface area contributed by atoms with Crippen LogP contribution in [0, 0.1) is 46.3 Å². The van der Waals surface area contributed by atoms with Crippen molar-refractivity contribution in [1.29, 1.82) is 0 Å². The third kappa shape index (κ3) is 3.53. The third-order valence-electron chi connectivity index (χ3n) is 9.89. The molecule has 4 saturated carbocycles. The van der Waals surface area contributed by atoms with Gasteiger partial charge in [-0.25, -0.2) is 0 Å². The van der Waals surface area contributed by atoms with Crippen molar-refractivity contribution in [3.8, 4) is 0 Å². The van der Waals surface area contributed by atoms with Crippen LogP contribution in [0.15, 0.2) is 0 Å². The molecule has 0 radical (unpaired) electrons. The molecule has 0 aromatic rings. The third-order valence-corrected chi connectivity index (χ3v) is 9.89. The van der Waals surface area contributed by atoms with Gasteiger partial charge in [0.05, 0.1) is 6.61 Å². The summed E-state index contributed by atoms with van der Waals surface area (Å²) in [5.74, 6) is 5.91. The molecule has 7 unspecified atom stereocenters. The summed E-state index contributed by atoms with van der Waals surface area (Å²) >= 11 is 0. The van der Waals surface area contributed by atoms with Crippen LogP contribution in [0.2, 0.25) is 0 Å². The minimum absolute atomic E-state index is 0.539. The fourth-order valence-electron chi connectivity index (χ4n) is 8.62. The molecule has 4 aliphatic rings. The Kier molecular flexibility index (Phi) is 7.03. The molecule has 0 aromatic carbocycles. The summed E-state index contributed by atoms with van der Waals surface area (Å²) in [6.45, 7) is 15.8. The minimum Gasteiger partial charge on any atom is -0.381 e. The van der Waals surface area contributed by atoms with Crippen molar-refractivity contribution in [3.63, 3.8) is 0 Å². The smallest absolute Gasteiger partial charge is 0.0527 e. The predicted molar refractivity (Wildman–Crippen MR) is 117 cm³/mol. The fraction of sp³-hybridized carbons (Fsp3) is 1.00. The Balaban J connectivity index is 0.00000102. The number of hydrogen-bond acceptors (Lipinski definition) is 1. The molecule has 158 valence electrons. The van der Waals surface area contributed by atoms with E-state index in [1.165, 1.54) is 64.2 Å². The Bertz CT molecular complexity index is 469. The Morgan fingerprint density at radius 3 is 2.37 bits per heavy atom. The molecule has 27 heavy (non-hydrogen) atoms. The summed E-state index contributed by atoms with van der Waals surface area (Å²) in [7, 11) is 0. The number of rotatable bonds is 4. The lowest BCUT2D eigenvalue weighted by Crippen LogP contribution is -2.56. The van der Waals surface area contributed by atoms with Gasteiger partial charge in [-0.05, 0) is 105 Å². The van der Waals surface area contributed by atoms with E-state index in [9.17, 15) is 0 Å². The minimum atomic E-state index is 0.539. The largest absolute Gasteiger partial charge is 0.381 e. The second-order valence-corrected chi connectivity index (χ2v) is 10.6. The fourth-order valence-corrected chi connectivity index (χ4v) is 8.62. The van der Waals surface area contributed by atoms with E-state index in [-0.39, 0.29) is 0 Å². The average molecular weight is 377 g/mol. The molecule has 0 N–H and O–H groups in total. The second-order valence-electron chi connectivity index (χ2n) is 10.6. The summed E-state index contributed by atoms with van der Waals surface area (Å²) in [6, 6.07) is 0. The SMILES string of the molecule is CC.CCOC[C@]12CCC(C)CC1CCC1C3CCC(CC)C3(C)CCC12. The van der Waals surface area contributed by atoms with Crippen LogP contribution in [-0.4, -0.2) is 13.2 Å².